The molecule has 1 N–H and O–H groups in total. The first-order chi connectivity index (χ1) is 8.24. The Balaban J connectivity index is 2.39. The molecule has 1 heterocycles. The van der Waals surface area contributed by atoms with Crippen LogP contribution >= 0.6 is 11.6 Å². The molecule has 0 fully saturated rings. The highest BCUT2D eigenvalue weighted by Crippen LogP contribution is 2.24. The number of hydrogen-bond acceptors (Lipinski definition) is 4. The first-order valence-electron chi connectivity index (χ1n) is 4.90. The zero-order valence-corrected chi connectivity index (χ0v) is 9.82. The summed E-state index contributed by atoms with van der Waals surface area (Å²) in [6.45, 7) is 1.47. The molecule has 0 atom stereocenters. The Morgan fingerprint density at radius 1 is 1.41 bits per heavy atom. The van der Waals surface area contributed by atoms with E-state index in [0.717, 1.165) is 5.56 Å². The van der Waals surface area contributed by atoms with Crippen LogP contribution in [0.4, 0.5) is 0 Å². The SMILES string of the molecule is CC#Cc1ccc(-c2nnc(CO)o2)cc1Cl. The van der Waals surface area contributed by atoms with Crippen molar-refractivity contribution in [2.24, 2.45) is 0 Å². The van der Waals surface area contributed by atoms with E-state index in [4.69, 9.17) is 21.1 Å². The molecular weight excluding hydrogens is 240 g/mol. The number of benzene rings is 1. The van der Waals surface area contributed by atoms with Gasteiger partial charge in [-0.05, 0) is 25.1 Å². The van der Waals surface area contributed by atoms with Gasteiger partial charge >= 0.3 is 0 Å². The predicted octanol–water partition coefficient (Wildman–Crippen LogP) is 2.25. The fraction of sp³-hybridized carbons (Fsp3) is 0.167. The first-order valence-corrected chi connectivity index (χ1v) is 5.28. The van der Waals surface area contributed by atoms with Gasteiger partial charge in [-0.25, -0.2) is 0 Å². The minimum atomic E-state index is -0.278. The lowest BCUT2D eigenvalue weighted by atomic mass is 10.1. The molecule has 0 radical (unpaired) electrons. The predicted molar refractivity (Wildman–Crippen MR) is 63.2 cm³/mol. The van der Waals surface area contributed by atoms with Crippen LogP contribution in [0.2, 0.25) is 5.02 Å². The summed E-state index contributed by atoms with van der Waals surface area (Å²) in [6, 6.07) is 5.28. The molecule has 0 spiro atoms. The number of aliphatic hydroxyl groups excluding tert-OH is 1. The molecule has 0 amide bonds. The van der Waals surface area contributed by atoms with Crippen LogP contribution in [0.25, 0.3) is 11.5 Å². The number of rotatable bonds is 2. The summed E-state index contributed by atoms with van der Waals surface area (Å²) in [5, 5.41) is 16.8. The molecule has 2 aromatic rings. The number of hydrogen-bond donors (Lipinski definition) is 1. The second-order valence-corrected chi connectivity index (χ2v) is 3.64. The molecule has 2 rings (SSSR count). The van der Waals surface area contributed by atoms with Gasteiger partial charge in [0.15, 0.2) is 0 Å². The van der Waals surface area contributed by atoms with Crippen LogP contribution in [-0.2, 0) is 6.61 Å². The number of nitrogens with zero attached hydrogens (tertiary/aromatic N) is 2. The van der Waals surface area contributed by atoms with Crippen molar-refractivity contribution >= 4 is 11.6 Å². The smallest absolute Gasteiger partial charge is 0.247 e. The van der Waals surface area contributed by atoms with Crippen LogP contribution in [0.15, 0.2) is 22.6 Å². The van der Waals surface area contributed by atoms with Crippen LogP contribution in [0.1, 0.15) is 18.4 Å². The lowest BCUT2D eigenvalue weighted by molar-refractivity contribution is 0.241. The van der Waals surface area contributed by atoms with Gasteiger partial charge in [-0.2, -0.15) is 0 Å². The first kappa shape index (κ1) is 11.6. The maximum atomic E-state index is 8.83. The number of aliphatic hydroxyl groups is 1. The summed E-state index contributed by atoms with van der Waals surface area (Å²) < 4.78 is 5.21. The van der Waals surface area contributed by atoms with E-state index in [1.165, 1.54) is 0 Å². The van der Waals surface area contributed by atoms with E-state index in [2.05, 4.69) is 22.0 Å². The average molecular weight is 249 g/mol. The monoisotopic (exact) mass is 248 g/mol. The zero-order valence-electron chi connectivity index (χ0n) is 9.07. The molecule has 0 bridgehead atoms. The quantitative estimate of drug-likeness (QED) is 0.828. The zero-order chi connectivity index (χ0) is 12.3. The van der Waals surface area contributed by atoms with Crippen molar-refractivity contribution < 1.29 is 9.52 Å². The molecule has 0 aliphatic rings. The second-order valence-electron chi connectivity index (χ2n) is 3.23. The molecule has 4 nitrogen and oxygen atoms in total. The Morgan fingerprint density at radius 3 is 2.82 bits per heavy atom. The second kappa shape index (κ2) is 5.00. The minimum Gasteiger partial charge on any atom is -0.418 e. The van der Waals surface area contributed by atoms with E-state index < -0.39 is 0 Å². The van der Waals surface area contributed by atoms with Gasteiger partial charge in [0.2, 0.25) is 11.8 Å². The minimum absolute atomic E-state index is 0.175. The molecule has 5 heteroatoms. The molecule has 17 heavy (non-hydrogen) atoms. The number of aromatic nitrogens is 2. The normalized spacial score (nSPS) is 9.82. The van der Waals surface area contributed by atoms with Crippen LogP contribution in [-0.4, -0.2) is 15.3 Å². The molecule has 0 aliphatic carbocycles. The van der Waals surface area contributed by atoms with E-state index in [-0.39, 0.29) is 12.5 Å². The fourth-order valence-corrected chi connectivity index (χ4v) is 1.55. The van der Waals surface area contributed by atoms with Crippen molar-refractivity contribution in [1.29, 1.82) is 0 Å². The van der Waals surface area contributed by atoms with Gasteiger partial charge in [-0.3, -0.25) is 0 Å². The Kier molecular flexibility index (Phi) is 3.43. The van der Waals surface area contributed by atoms with Gasteiger partial charge in [-0.15, -0.1) is 16.1 Å². The van der Waals surface area contributed by atoms with Crippen molar-refractivity contribution in [3.05, 3.63) is 34.7 Å². The molecular formula is C12H9ClN2O2. The topological polar surface area (TPSA) is 59.2 Å². The standard InChI is InChI=1S/C12H9ClN2O2/c1-2-3-8-4-5-9(6-10(8)13)12-15-14-11(7-16)17-12/h4-6,16H,7H2,1H3. The van der Waals surface area contributed by atoms with Crippen LogP contribution in [0, 0.1) is 11.8 Å². The van der Waals surface area contributed by atoms with E-state index in [1.54, 1.807) is 25.1 Å². The fourth-order valence-electron chi connectivity index (χ4n) is 1.32. The maximum absolute atomic E-state index is 8.83. The van der Waals surface area contributed by atoms with Crippen molar-refractivity contribution in [2.75, 3.05) is 0 Å². The largest absolute Gasteiger partial charge is 0.418 e. The molecule has 0 unspecified atom stereocenters. The Labute approximate surface area is 103 Å². The molecule has 0 saturated carbocycles. The summed E-state index contributed by atoms with van der Waals surface area (Å²) in [5.74, 6) is 6.16. The summed E-state index contributed by atoms with van der Waals surface area (Å²) in [6.07, 6.45) is 0. The van der Waals surface area contributed by atoms with Crippen molar-refractivity contribution in [1.82, 2.24) is 10.2 Å². The van der Waals surface area contributed by atoms with E-state index >= 15 is 0 Å². The third-order valence-electron chi connectivity index (χ3n) is 2.08. The summed E-state index contributed by atoms with van der Waals surface area (Å²) in [7, 11) is 0. The van der Waals surface area contributed by atoms with E-state index in [1.807, 2.05) is 0 Å². The van der Waals surface area contributed by atoms with Crippen molar-refractivity contribution in [3.63, 3.8) is 0 Å². The van der Waals surface area contributed by atoms with Crippen molar-refractivity contribution in [3.8, 4) is 23.3 Å². The highest BCUT2D eigenvalue weighted by atomic mass is 35.5. The van der Waals surface area contributed by atoms with Gasteiger partial charge in [0.05, 0.1) is 5.02 Å². The lowest BCUT2D eigenvalue weighted by Gasteiger charge is -1.98. The van der Waals surface area contributed by atoms with E-state index in [0.29, 0.717) is 16.5 Å². The van der Waals surface area contributed by atoms with Crippen LogP contribution < -0.4 is 0 Å². The highest BCUT2D eigenvalue weighted by molar-refractivity contribution is 6.32. The Bertz CT molecular complexity index is 596. The summed E-state index contributed by atoms with van der Waals surface area (Å²) in [5.41, 5.74) is 1.45. The third-order valence-corrected chi connectivity index (χ3v) is 2.39. The number of halogens is 1. The van der Waals surface area contributed by atoms with Gasteiger partial charge < -0.3 is 9.52 Å². The van der Waals surface area contributed by atoms with Gasteiger partial charge in [-0.1, -0.05) is 17.5 Å². The van der Waals surface area contributed by atoms with E-state index in [9.17, 15) is 0 Å². The highest BCUT2D eigenvalue weighted by Gasteiger charge is 2.09. The van der Waals surface area contributed by atoms with Gasteiger partial charge in [0, 0.05) is 11.1 Å². The van der Waals surface area contributed by atoms with Gasteiger partial charge in [0.25, 0.3) is 0 Å². The molecule has 0 saturated heterocycles. The summed E-state index contributed by atoms with van der Waals surface area (Å²) >= 11 is 6.06. The van der Waals surface area contributed by atoms with Crippen molar-refractivity contribution in [2.45, 2.75) is 13.5 Å². The van der Waals surface area contributed by atoms with Gasteiger partial charge in [0.1, 0.15) is 6.61 Å². The van der Waals surface area contributed by atoms with Crippen LogP contribution in [0.3, 0.4) is 0 Å². The Morgan fingerprint density at radius 2 is 2.24 bits per heavy atom. The molecule has 1 aromatic heterocycles. The molecule has 1 aromatic carbocycles. The average Bonchev–Trinajstić information content (AvgIpc) is 2.80. The molecule has 86 valence electrons. The lowest BCUT2D eigenvalue weighted by Crippen LogP contribution is -1.81. The van der Waals surface area contributed by atoms with Crippen LogP contribution in [0.5, 0.6) is 0 Å². The summed E-state index contributed by atoms with van der Waals surface area (Å²) in [4.78, 5) is 0. The maximum Gasteiger partial charge on any atom is 0.247 e. The molecule has 0 aliphatic heterocycles. The third kappa shape index (κ3) is 2.47. The Hall–Kier alpha value is -1.83.